The van der Waals surface area contributed by atoms with Crippen LogP contribution in [-0.2, 0) is 16.1 Å². The molecule has 32 heavy (non-hydrogen) atoms. The smallest absolute Gasteiger partial charge is 0.280 e. The molecule has 0 bridgehead atoms. The quantitative estimate of drug-likeness (QED) is 0.502. The predicted octanol–water partition coefficient (Wildman–Crippen LogP) is 3.60. The molecule has 1 aliphatic heterocycles. The van der Waals surface area contributed by atoms with Gasteiger partial charge in [-0.2, -0.15) is 4.98 Å². The maximum absolute atomic E-state index is 13.9. The molecule has 0 amide bonds. The van der Waals surface area contributed by atoms with Crippen molar-refractivity contribution in [2.45, 2.75) is 56.8 Å². The number of halogens is 1. The second-order valence-electron chi connectivity index (χ2n) is 8.87. The molecule has 1 aromatic carbocycles. The van der Waals surface area contributed by atoms with Crippen molar-refractivity contribution in [1.82, 2.24) is 24.1 Å². The van der Waals surface area contributed by atoms with Crippen molar-refractivity contribution in [2.24, 2.45) is 0 Å². The molecule has 1 unspecified atom stereocenters. The summed E-state index contributed by atoms with van der Waals surface area (Å²) in [6.07, 6.45) is 6.09. The summed E-state index contributed by atoms with van der Waals surface area (Å²) in [5, 5.41) is 15.4. The minimum atomic E-state index is -1.12. The van der Waals surface area contributed by atoms with Crippen LogP contribution in [0.3, 0.4) is 0 Å². The van der Waals surface area contributed by atoms with Crippen molar-refractivity contribution in [3.63, 3.8) is 0 Å². The molecule has 0 spiro atoms. The standard InChI is InChI=1S/C22H22ClN5O4/c1-21(7-4-10-31-21)28-15-11-13(23)5-6-14(15)27-12-24-16(17(27)19(28)29)18-25-20(32-26-18)22(30)8-2-3-9-22/h5-6,11-12,30H,2-4,7-10H2,1H3. The molecule has 3 aromatic heterocycles. The normalized spacial score (nSPS) is 23.0. The average Bonchev–Trinajstić information content (AvgIpc) is 3.54. The number of aliphatic hydroxyl groups is 1. The van der Waals surface area contributed by atoms with Gasteiger partial charge in [0, 0.05) is 11.6 Å². The molecule has 2 aliphatic rings. The van der Waals surface area contributed by atoms with Gasteiger partial charge in [-0.15, -0.1) is 0 Å². The maximum atomic E-state index is 13.9. The first kappa shape index (κ1) is 19.9. The fourth-order valence-corrected chi connectivity index (χ4v) is 5.25. The van der Waals surface area contributed by atoms with Gasteiger partial charge in [-0.25, -0.2) is 4.98 Å². The van der Waals surface area contributed by atoms with Gasteiger partial charge in [0.2, 0.25) is 5.82 Å². The molecule has 10 heteroatoms. The van der Waals surface area contributed by atoms with Gasteiger partial charge in [0.05, 0.1) is 11.0 Å². The predicted molar refractivity (Wildman–Crippen MR) is 116 cm³/mol. The number of hydrogen-bond acceptors (Lipinski definition) is 7. The Labute approximate surface area is 187 Å². The van der Waals surface area contributed by atoms with Gasteiger partial charge in [-0.1, -0.05) is 16.8 Å². The molecule has 1 atom stereocenters. The Hall–Kier alpha value is -2.75. The number of imidazole rings is 1. The summed E-state index contributed by atoms with van der Waals surface area (Å²) in [5.41, 5.74) is -0.140. The van der Waals surface area contributed by atoms with Crippen LogP contribution in [0.15, 0.2) is 33.8 Å². The molecule has 2 fully saturated rings. The number of benzene rings is 1. The lowest BCUT2D eigenvalue weighted by Gasteiger charge is -2.28. The fourth-order valence-electron chi connectivity index (χ4n) is 5.09. The van der Waals surface area contributed by atoms with E-state index in [9.17, 15) is 9.90 Å². The van der Waals surface area contributed by atoms with Crippen LogP contribution in [0.2, 0.25) is 5.02 Å². The molecular weight excluding hydrogens is 434 g/mol. The van der Waals surface area contributed by atoms with Crippen LogP contribution < -0.4 is 5.56 Å². The van der Waals surface area contributed by atoms with E-state index in [1.54, 1.807) is 27.4 Å². The Kier molecular flexibility index (Phi) is 4.27. The summed E-state index contributed by atoms with van der Waals surface area (Å²) in [6.45, 7) is 2.49. The molecular formula is C22H22ClN5O4. The molecule has 9 nitrogen and oxygen atoms in total. The third-order valence-electron chi connectivity index (χ3n) is 6.75. The van der Waals surface area contributed by atoms with Crippen LogP contribution in [0.5, 0.6) is 0 Å². The van der Waals surface area contributed by atoms with E-state index in [0.717, 1.165) is 24.8 Å². The van der Waals surface area contributed by atoms with E-state index in [1.807, 2.05) is 13.0 Å². The number of ether oxygens (including phenoxy) is 1. The van der Waals surface area contributed by atoms with E-state index in [1.165, 1.54) is 0 Å². The lowest BCUT2D eigenvalue weighted by molar-refractivity contribution is -0.0447. The molecule has 1 saturated heterocycles. The summed E-state index contributed by atoms with van der Waals surface area (Å²) in [4.78, 5) is 22.8. The second kappa shape index (κ2) is 6.87. The maximum Gasteiger partial charge on any atom is 0.280 e. The minimum Gasteiger partial charge on any atom is -0.380 e. The average molecular weight is 456 g/mol. The molecule has 1 saturated carbocycles. The van der Waals surface area contributed by atoms with Crippen molar-refractivity contribution < 1.29 is 14.4 Å². The van der Waals surface area contributed by atoms with Gasteiger partial charge in [0.15, 0.2) is 0 Å². The van der Waals surface area contributed by atoms with Crippen molar-refractivity contribution in [3.8, 4) is 11.5 Å². The summed E-state index contributed by atoms with van der Waals surface area (Å²) in [5.74, 6) is 0.349. The highest BCUT2D eigenvalue weighted by molar-refractivity contribution is 6.31. The Bertz CT molecular complexity index is 1410. The lowest BCUT2D eigenvalue weighted by atomic mass is 10.0. The van der Waals surface area contributed by atoms with E-state index in [-0.39, 0.29) is 17.3 Å². The van der Waals surface area contributed by atoms with Crippen molar-refractivity contribution in [1.29, 1.82) is 0 Å². The topological polar surface area (TPSA) is 108 Å². The summed E-state index contributed by atoms with van der Waals surface area (Å²) >= 11 is 6.29. The Morgan fingerprint density at radius 2 is 1.97 bits per heavy atom. The lowest BCUT2D eigenvalue weighted by Crippen LogP contribution is -2.39. The molecule has 4 aromatic rings. The molecule has 6 rings (SSSR count). The zero-order chi connectivity index (χ0) is 22.1. The number of aromatic nitrogens is 5. The van der Waals surface area contributed by atoms with E-state index in [4.69, 9.17) is 20.9 Å². The highest BCUT2D eigenvalue weighted by Gasteiger charge is 2.39. The van der Waals surface area contributed by atoms with Gasteiger partial charge in [0.1, 0.15) is 28.9 Å². The molecule has 1 aliphatic carbocycles. The summed E-state index contributed by atoms with van der Waals surface area (Å²) in [6, 6.07) is 5.40. The zero-order valence-electron chi connectivity index (χ0n) is 17.5. The minimum absolute atomic E-state index is 0.171. The van der Waals surface area contributed by atoms with Crippen LogP contribution >= 0.6 is 11.6 Å². The third-order valence-corrected chi connectivity index (χ3v) is 6.98. The molecule has 1 N–H and O–H groups in total. The number of rotatable bonds is 3. The van der Waals surface area contributed by atoms with E-state index in [2.05, 4.69) is 15.1 Å². The Morgan fingerprint density at radius 3 is 2.72 bits per heavy atom. The van der Waals surface area contributed by atoms with Crippen LogP contribution in [0, 0.1) is 0 Å². The van der Waals surface area contributed by atoms with Gasteiger partial charge in [-0.05, 0) is 63.6 Å². The third kappa shape index (κ3) is 2.78. The highest BCUT2D eigenvalue weighted by Crippen LogP contribution is 2.39. The van der Waals surface area contributed by atoms with E-state index in [0.29, 0.717) is 47.6 Å². The van der Waals surface area contributed by atoms with Crippen LogP contribution in [0.1, 0.15) is 51.3 Å². The fraction of sp³-hybridized carbons (Fsp3) is 0.455. The van der Waals surface area contributed by atoms with Crippen molar-refractivity contribution in [2.75, 3.05) is 6.61 Å². The second-order valence-corrected chi connectivity index (χ2v) is 9.31. The summed E-state index contributed by atoms with van der Waals surface area (Å²) < 4.78 is 14.8. The summed E-state index contributed by atoms with van der Waals surface area (Å²) in [7, 11) is 0. The molecule has 0 radical (unpaired) electrons. The van der Waals surface area contributed by atoms with Crippen molar-refractivity contribution in [3.05, 3.63) is 45.8 Å². The largest absolute Gasteiger partial charge is 0.380 e. The Morgan fingerprint density at radius 1 is 1.16 bits per heavy atom. The van der Waals surface area contributed by atoms with Crippen LogP contribution in [-0.4, -0.2) is 35.8 Å². The van der Waals surface area contributed by atoms with Crippen molar-refractivity contribution >= 4 is 28.2 Å². The molecule has 166 valence electrons. The van der Waals surface area contributed by atoms with Gasteiger partial charge < -0.3 is 14.4 Å². The van der Waals surface area contributed by atoms with Gasteiger partial charge in [0.25, 0.3) is 11.4 Å². The van der Waals surface area contributed by atoms with E-state index >= 15 is 0 Å². The first-order valence-corrected chi connectivity index (χ1v) is 11.2. The monoisotopic (exact) mass is 455 g/mol. The number of fused-ring (bicyclic) bond motifs is 3. The van der Waals surface area contributed by atoms with Crippen LogP contribution in [0.4, 0.5) is 0 Å². The zero-order valence-corrected chi connectivity index (χ0v) is 18.3. The molecule has 4 heterocycles. The first-order valence-electron chi connectivity index (χ1n) is 10.8. The number of nitrogens with zero attached hydrogens (tertiary/aromatic N) is 5. The van der Waals surface area contributed by atoms with Crippen LogP contribution in [0.25, 0.3) is 28.1 Å². The first-order chi connectivity index (χ1) is 15.4. The number of hydrogen-bond donors (Lipinski definition) is 1. The highest BCUT2D eigenvalue weighted by atomic mass is 35.5. The Balaban J connectivity index is 1.62. The van der Waals surface area contributed by atoms with Gasteiger partial charge in [-0.3, -0.25) is 13.8 Å². The van der Waals surface area contributed by atoms with E-state index < -0.39 is 11.3 Å². The van der Waals surface area contributed by atoms with Gasteiger partial charge >= 0.3 is 0 Å². The SMILES string of the molecule is CC1(n2c(=O)c3c(-c4noc(C5(O)CCCC5)n4)ncn3c3ccc(Cl)cc32)CCCO1.